The number of para-hydroxylation sites is 1. The van der Waals surface area contributed by atoms with E-state index in [0.29, 0.717) is 0 Å². The fourth-order valence-corrected chi connectivity index (χ4v) is 2.64. The first-order chi connectivity index (χ1) is 6.70. The molecule has 6 heteroatoms. The van der Waals surface area contributed by atoms with E-state index in [1.165, 1.54) is 18.2 Å². The molecule has 0 saturated heterocycles. The van der Waals surface area contributed by atoms with E-state index in [2.05, 4.69) is 0 Å². The van der Waals surface area contributed by atoms with Gasteiger partial charge in [-0.2, -0.15) is 0 Å². The summed E-state index contributed by atoms with van der Waals surface area (Å²) >= 11 is 0. The molecule has 2 rings (SSSR count). The summed E-state index contributed by atoms with van der Waals surface area (Å²) in [5.74, 6) is -0.572. The van der Waals surface area contributed by atoms with E-state index in [9.17, 15) is 14.0 Å². The Balaban J connectivity index is 2.79. The molecule has 72 valence electrons. The van der Waals surface area contributed by atoms with E-state index in [0.717, 1.165) is 25.2 Å². The minimum absolute atomic E-state index is 0.0139. The van der Waals surface area contributed by atoms with Gasteiger partial charge in [0.25, 0.3) is 0 Å². The SMILES string of the molecule is O=c1ssc(=O)n1-c1ccccc1F. The molecular weight excluding hydrogens is 225 g/mol. The molecule has 0 radical (unpaired) electrons. The summed E-state index contributed by atoms with van der Waals surface area (Å²) in [5.41, 5.74) is 0.0139. The summed E-state index contributed by atoms with van der Waals surface area (Å²) in [5, 5.41) is 0. The number of rotatable bonds is 1. The molecule has 0 N–H and O–H groups in total. The van der Waals surface area contributed by atoms with Crippen molar-refractivity contribution in [3.8, 4) is 5.69 Å². The van der Waals surface area contributed by atoms with Crippen LogP contribution in [0.2, 0.25) is 0 Å². The van der Waals surface area contributed by atoms with E-state index in [4.69, 9.17) is 0 Å². The van der Waals surface area contributed by atoms with E-state index in [1.54, 1.807) is 6.07 Å². The van der Waals surface area contributed by atoms with Crippen LogP contribution in [0.25, 0.3) is 5.69 Å². The smallest absolute Gasteiger partial charge is 0.255 e. The summed E-state index contributed by atoms with van der Waals surface area (Å²) in [6.45, 7) is 0. The van der Waals surface area contributed by atoms with Crippen LogP contribution in [0.4, 0.5) is 4.39 Å². The first-order valence-electron chi connectivity index (χ1n) is 3.67. The minimum Gasteiger partial charge on any atom is -0.255 e. The second kappa shape index (κ2) is 3.47. The highest BCUT2D eigenvalue weighted by Gasteiger charge is 2.10. The van der Waals surface area contributed by atoms with Gasteiger partial charge in [-0.25, -0.2) is 8.96 Å². The predicted octanol–water partition coefficient (Wildman–Crippen LogP) is 1.46. The van der Waals surface area contributed by atoms with Crippen LogP contribution >= 0.6 is 20.7 Å². The van der Waals surface area contributed by atoms with Crippen LogP contribution in [-0.4, -0.2) is 4.57 Å². The molecule has 0 aliphatic rings. The zero-order valence-corrected chi connectivity index (χ0v) is 8.40. The monoisotopic (exact) mass is 229 g/mol. The van der Waals surface area contributed by atoms with Gasteiger partial charge in [0.1, 0.15) is 5.82 Å². The Morgan fingerprint density at radius 1 is 1.07 bits per heavy atom. The third-order valence-electron chi connectivity index (χ3n) is 1.64. The van der Waals surface area contributed by atoms with Crippen molar-refractivity contribution in [2.24, 2.45) is 0 Å². The summed E-state index contributed by atoms with van der Waals surface area (Å²) in [6, 6.07) is 5.69. The molecule has 0 bridgehead atoms. The lowest BCUT2D eigenvalue weighted by Crippen LogP contribution is -2.22. The maximum absolute atomic E-state index is 13.2. The second-order valence-electron chi connectivity index (χ2n) is 2.49. The normalized spacial score (nSPS) is 10.4. The molecular formula is C8H4FNO2S2. The largest absolute Gasteiger partial charge is 0.325 e. The van der Waals surface area contributed by atoms with Gasteiger partial charge in [-0.15, -0.1) is 0 Å². The van der Waals surface area contributed by atoms with Crippen molar-refractivity contribution in [1.29, 1.82) is 0 Å². The molecule has 1 aromatic carbocycles. The van der Waals surface area contributed by atoms with Crippen LogP contribution in [0, 0.1) is 5.82 Å². The van der Waals surface area contributed by atoms with Crippen LogP contribution in [0.1, 0.15) is 0 Å². The molecule has 3 nitrogen and oxygen atoms in total. The Hall–Kier alpha value is -1.27. The van der Waals surface area contributed by atoms with Gasteiger partial charge < -0.3 is 0 Å². The molecule has 1 aromatic heterocycles. The van der Waals surface area contributed by atoms with Gasteiger partial charge in [-0.3, -0.25) is 9.59 Å². The van der Waals surface area contributed by atoms with Gasteiger partial charge in [0.2, 0.25) is 0 Å². The lowest BCUT2D eigenvalue weighted by Gasteiger charge is -1.99. The van der Waals surface area contributed by atoms with Crippen LogP contribution in [0.3, 0.4) is 0 Å². The van der Waals surface area contributed by atoms with Gasteiger partial charge in [-0.05, 0) is 32.8 Å². The maximum atomic E-state index is 13.2. The molecule has 14 heavy (non-hydrogen) atoms. The Bertz CT molecular complexity index is 541. The van der Waals surface area contributed by atoms with E-state index < -0.39 is 15.6 Å². The number of nitrogens with zero attached hydrogens (tertiary/aromatic N) is 1. The lowest BCUT2D eigenvalue weighted by molar-refractivity contribution is 0.616. The average molecular weight is 229 g/mol. The van der Waals surface area contributed by atoms with E-state index in [1.807, 2.05) is 0 Å². The fraction of sp³-hybridized carbons (Fsp3) is 0. The quantitative estimate of drug-likeness (QED) is 0.694. The first kappa shape index (κ1) is 9.29. The zero-order valence-electron chi connectivity index (χ0n) is 6.77. The molecule has 0 fully saturated rings. The summed E-state index contributed by atoms with van der Waals surface area (Å²) in [6.07, 6.45) is 0. The number of hydrogen-bond acceptors (Lipinski definition) is 4. The molecule has 0 spiro atoms. The Morgan fingerprint density at radius 2 is 1.64 bits per heavy atom. The predicted molar refractivity (Wildman–Crippen MR) is 54.0 cm³/mol. The summed E-state index contributed by atoms with van der Waals surface area (Å²) in [7, 11) is 1.61. The molecule has 0 unspecified atom stereocenters. The minimum atomic E-state index is -0.572. The third-order valence-corrected chi connectivity index (χ3v) is 3.48. The number of benzene rings is 1. The van der Waals surface area contributed by atoms with Crippen molar-refractivity contribution >= 4 is 20.7 Å². The molecule has 0 atom stereocenters. The number of aromatic nitrogens is 1. The molecule has 0 aliphatic heterocycles. The Labute approximate surface area is 85.1 Å². The van der Waals surface area contributed by atoms with Gasteiger partial charge in [-0.1, -0.05) is 12.1 Å². The molecule has 0 amide bonds. The summed E-state index contributed by atoms with van der Waals surface area (Å²) < 4.78 is 14.1. The standard InChI is InChI=1S/C8H4FNO2S2/c9-5-3-1-2-4-6(5)10-7(11)13-14-8(10)12/h1-4H. The highest BCUT2D eigenvalue weighted by atomic mass is 32.9. The van der Waals surface area contributed by atoms with Crippen LogP contribution in [0.15, 0.2) is 33.9 Å². The molecule has 2 aromatic rings. The summed E-state index contributed by atoms with van der Waals surface area (Å²) in [4.78, 5) is 21.5. The van der Waals surface area contributed by atoms with Crippen molar-refractivity contribution < 1.29 is 4.39 Å². The molecule has 1 heterocycles. The molecule has 0 aliphatic carbocycles. The average Bonchev–Trinajstić information content (AvgIpc) is 2.48. The second-order valence-corrected chi connectivity index (χ2v) is 4.52. The Kier molecular flexibility index (Phi) is 2.30. The first-order valence-corrected chi connectivity index (χ1v) is 5.82. The van der Waals surface area contributed by atoms with Crippen molar-refractivity contribution in [3.05, 3.63) is 49.4 Å². The third kappa shape index (κ3) is 1.42. The van der Waals surface area contributed by atoms with Gasteiger partial charge >= 0.3 is 9.75 Å². The van der Waals surface area contributed by atoms with Gasteiger partial charge in [0.15, 0.2) is 0 Å². The topological polar surface area (TPSA) is 39.1 Å². The van der Waals surface area contributed by atoms with Gasteiger partial charge in [0.05, 0.1) is 5.69 Å². The highest BCUT2D eigenvalue weighted by molar-refractivity contribution is 7.67. The van der Waals surface area contributed by atoms with Crippen LogP contribution in [0.5, 0.6) is 0 Å². The van der Waals surface area contributed by atoms with Crippen molar-refractivity contribution in [2.75, 3.05) is 0 Å². The van der Waals surface area contributed by atoms with Crippen molar-refractivity contribution in [2.45, 2.75) is 0 Å². The maximum Gasteiger partial charge on any atom is 0.325 e. The zero-order chi connectivity index (χ0) is 10.1. The van der Waals surface area contributed by atoms with E-state index in [-0.39, 0.29) is 5.69 Å². The number of hydrogen-bond donors (Lipinski definition) is 0. The Morgan fingerprint density at radius 3 is 2.21 bits per heavy atom. The van der Waals surface area contributed by atoms with Crippen molar-refractivity contribution in [1.82, 2.24) is 4.57 Å². The van der Waals surface area contributed by atoms with Crippen molar-refractivity contribution in [3.63, 3.8) is 0 Å². The fourth-order valence-electron chi connectivity index (χ4n) is 1.05. The van der Waals surface area contributed by atoms with Crippen LogP contribution < -0.4 is 9.75 Å². The lowest BCUT2D eigenvalue weighted by atomic mass is 10.3. The highest BCUT2D eigenvalue weighted by Crippen LogP contribution is 2.09. The number of halogens is 1. The van der Waals surface area contributed by atoms with E-state index >= 15 is 0 Å². The van der Waals surface area contributed by atoms with Crippen LogP contribution in [-0.2, 0) is 0 Å². The van der Waals surface area contributed by atoms with Gasteiger partial charge in [0, 0.05) is 0 Å². The molecule has 0 saturated carbocycles.